The molecule has 0 saturated carbocycles. The zero-order valence-electron chi connectivity index (χ0n) is 13.4. The number of nitrogens with two attached hydrogens (primary N) is 1. The van der Waals surface area contributed by atoms with Gasteiger partial charge in [0, 0.05) is 5.69 Å². The average Bonchev–Trinajstić information content (AvgIpc) is 2.96. The Hall–Kier alpha value is -2.33. The molecule has 0 aliphatic heterocycles. The van der Waals surface area contributed by atoms with Gasteiger partial charge in [-0.15, -0.1) is 0 Å². The number of rotatable bonds is 4. The monoisotopic (exact) mass is 398 g/mol. The highest BCUT2D eigenvalue weighted by Gasteiger charge is 2.34. The number of thioether (sulfide) groups is 1. The molecule has 3 rings (SSSR count). The van der Waals surface area contributed by atoms with E-state index in [-0.39, 0.29) is 16.5 Å². The summed E-state index contributed by atoms with van der Waals surface area (Å²) in [5.41, 5.74) is 5.11. The number of anilines is 2. The van der Waals surface area contributed by atoms with Crippen molar-refractivity contribution in [1.82, 2.24) is 9.97 Å². The zero-order valence-corrected chi connectivity index (χ0v) is 15.1. The van der Waals surface area contributed by atoms with Crippen LogP contribution in [-0.2, 0) is 11.0 Å². The van der Waals surface area contributed by atoms with Gasteiger partial charge in [-0.25, -0.2) is 9.97 Å². The number of amides is 1. The predicted octanol–water partition coefficient (Wildman–Crippen LogP) is 4.33. The van der Waals surface area contributed by atoms with Crippen LogP contribution in [0.25, 0.3) is 10.2 Å². The smallest absolute Gasteiger partial charge is 0.396 e. The SMILES string of the molecule is Cc1cc(C(F)(F)F)c(N)c(SCC(=O)Nc2nc3ccccc3s2)n1. The third-order valence-corrected chi connectivity index (χ3v) is 5.28. The first-order chi connectivity index (χ1) is 12.2. The van der Waals surface area contributed by atoms with Crippen LogP contribution in [-0.4, -0.2) is 21.6 Å². The summed E-state index contributed by atoms with van der Waals surface area (Å²) in [7, 11) is 0. The van der Waals surface area contributed by atoms with Crippen LogP contribution in [0.5, 0.6) is 0 Å². The molecule has 0 unspecified atom stereocenters. The number of fused-ring (bicyclic) bond motifs is 1. The van der Waals surface area contributed by atoms with E-state index in [4.69, 9.17) is 5.73 Å². The van der Waals surface area contributed by atoms with E-state index in [2.05, 4.69) is 15.3 Å². The molecule has 26 heavy (non-hydrogen) atoms. The molecule has 10 heteroatoms. The molecule has 3 aromatic rings. The molecule has 2 aromatic heterocycles. The van der Waals surface area contributed by atoms with Crippen molar-refractivity contribution in [3.8, 4) is 0 Å². The Labute approximate surface area is 154 Å². The average molecular weight is 398 g/mol. The number of para-hydroxylation sites is 1. The first-order valence-electron chi connectivity index (χ1n) is 7.36. The van der Waals surface area contributed by atoms with Crippen LogP contribution in [0.15, 0.2) is 35.4 Å². The van der Waals surface area contributed by atoms with Gasteiger partial charge in [-0.05, 0) is 25.1 Å². The van der Waals surface area contributed by atoms with E-state index in [0.29, 0.717) is 5.13 Å². The van der Waals surface area contributed by atoms with Gasteiger partial charge in [0.2, 0.25) is 5.91 Å². The molecule has 0 aliphatic rings. The highest BCUT2D eigenvalue weighted by Crippen LogP contribution is 2.38. The van der Waals surface area contributed by atoms with E-state index in [0.717, 1.165) is 28.0 Å². The number of nitrogens with one attached hydrogen (secondary N) is 1. The zero-order chi connectivity index (χ0) is 18.9. The molecule has 0 radical (unpaired) electrons. The fourth-order valence-corrected chi connectivity index (χ4v) is 3.91. The van der Waals surface area contributed by atoms with Crippen molar-refractivity contribution in [2.24, 2.45) is 0 Å². The Morgan fingerprint density at radius 1 is 1.31 bits per heavy atom. The maximum absolute atomic E-state index is 13.0. The molecule has 0 atom stereocenters. The van der Waals surface area contributed by atoms with Crippen LogP contribution >= 0.6 is 23.1 Å². The molecule has 0 aliphatic carbocycles. The van der Waals surface area contributed by atoms with E-state index < -0.39 is 23.3 Å². The molecule has 136 valence electrons. The van der Waals surface area contributed by atoms with Crippen molar-refractivity contribution in [2.45, 2.75) is 18.1 Å². The van der Waals surface area contributed by atoms with E-state index in [9.17, 15) is 18.0 Å². The summed E-state index contributed by atoms with van der Waals surface area (Å²) in [4.78, 5) is 20.4. The standard InChI is InChI=1S/C16H13F3N4OS2/c1-8-6-9(16(17,18)19)13(20)14(21-8)25-7-12(24)23-15-22-10-4-2-3-5-11(10)26-15/h2-6H,7,20H2,1H3,(H,22,23,24). The maximum Gasteiger partial charge on any atom is 0.418 e. The Morgan fingerprint density at radius 2 is 2.04 bits per heavy atom. The normalized spacial score (nSPS) is 11.7. The van der Waals surface area contributed by atoms with E-state index >= 15 is 0 Å². The van der Waals surface area contributed by atoms with Gasteiger partial charge in [0.1, 0.15) is 5.03 Å². The van der Waals surface area contributed by atoms with Crippen LogP contribution in [0, 0.1) is 6.92 Å². The first-order valence-corrected chi connectivity index (χ1v) is 9.17. The van der Waals surface area contributed by atoms with Crippen molar-refractivity contribution < 1.29 is 18.0 Å². The lowest BCUT2D eigenvalue weighted by atomic mass is 10.2. The number of thiazole rings is 1. The number of halogens is 3. The number of nitrogen functional groups attached to an aromatic ring is 1. The predicted molar refractivity (Wildman–Crippen MR) is 97.4 cm³/mol. The molecule has 2 heterocycles. The molecular weight excluding hydrogens is 385 g/mol. The summed E-state index contributed by atoms with van der Waals surface area (Å²) < 4.78 is 39.9. The van der Waals surface area contributed by atoms with Gasteiger partial charge in [-0.1, -0.05) is 35.2 Å². The van der Waals surface area contributed by atoms with Crippen molar-refractivity contribution in [1.29, 1.82) is 0 Å². The van der Waals surface area contributed by atoms with E-state index in [1.165, 1.54) is 18.3 Å². The van der Waals surface area contributed by atoms with Crippen molar-refractivity contribution in [2.75, 3.05) is 16.8 Å². The number of nitrogens with zero attached hydrogens (tertiary/aromatic N) is 2. The van der Waals surface area contributed by atoms with Crippen molar-refractivity contribution in [3.63, 3.8) is 0 Å². The number of alkyl halides is 3. The molecular formula is C16H13F3N4OS2. The van der Waals surface area contributed by atoms with Gasteiger partial charge >= 0.3 is 6.18 Å². The summed E-state index contributed by atoms with van der Waals surface area (Å²) in [5, 5.41) is 3.05. The molecule has 0 saturated heterocycles. The minimum atomic E-state index is -4.57. The van der Waals surface area contributed by atoms with Crippen LogP contribution in [0.2, 0.25) is 0 Å². The fourth-order valence-electron chi connectivity index (χ4n) is 2.21. The molecule has 0 fully saturated rings. The number of aromatic nitrogens is 2. The fraction of sp³-hybridized carbons (Fsp3) is 0.188. The number of pyridine rings is 1. The first kappa shape index (κ1) is 18.5. The number of hydrogen-bond acceptors (Lipinski definition) is 6. The van der Waals surface area contributed by atoms with Crippen LogP contribution < -0.4 is 11.1 Å². The van der Waals surface area contributed by atoms with E-state index in [1.807, 2.05) is 24.3 Å². The lowest BCUT2D eigenvalue weighted by Gasteiger charge is -2.13. The van der Waals surface area contributed by atoms with Gasteiger partial charge in [-0.2, -0.15) is 13.2 Å². The molecule has 0 spiro atoms. The minimum absolute atomic E-state index is 0.0169. The Kier molecular flexibility index (Phi) is 5.05. The molecule has 5 nitrogen and oxygen atoms in total. The second kappa shape index (κ2) is 7.12. The van der Waals surface area contributed by atoms with Crippen LogP contribution in [0.3, 0.4) is 0 Å². The molecule has 1 amide bonds. The lowest BCUT2D eigenvalue weighted by Crippen LogP contribution is -2.15. The largest absolute Gasteiger partial charge is 0.418 e. The van der Waals surface area contributed by atoms with Crippen molar-refractivity contribution in [3.05, 3.63) is 41.6 Å². The van der Waals surface area contributed by atoms with Gasteiger partial charge in [0.25, 0.3) is 0 Å². The third kappa shape index (κ3) is 4.07. The summed E-state index contributed by atoms with van der Waals surface area (Å²) in [6, 6.07) is 8.31. The Morgan fingerprint density at radius 3 is 2.73 bits per heavy atom. The highest BCUT2D eigenvalue weighted by molar-refractivity contribution is 8.00. The quantitative estimate of drug-likeness (QED) is 0.640. The second-order valence-corrected chi connectivity index (χ2v) is 7.35. The molecule has 3 N–H and O–H groups in total. The Bertz CT molecular complexity index is 939. The second-order valence-electron chi connectivity index (χ2n) is 5.35. The van der Waals surface area contributed by atoms with Gasteiger partial charge < -0.3 is 11.1 Å². The number of aryl methyl sites for hydroxylation is 1. The molecule has 0 bridgehead atoms. The van der Waals surface area contributed by atoms with Crippen LogP contribution in [0.1, 0.15) is 11.3 Å². The third-order valence-electron chi connectivity index (χ3n) is 3.34. The molecule has 1 aromatic carbocycles. The topological polar surface area (TPSA) is 80.9 Å². The highest BCUT2D eigenvalue weighted by atomic mass is 32.2. The van der Waals surface area contributed by atoms with Crippen LogP contribution in [0.4, 0.5) is 24.0 Å². The van der Waals surface area contributed by atoms with Crippen molar-refractivity contribution >= 4 is 50.0 Å². The number of carbonyl (C=O) groups is 1. The summed E-state index contributed by atoms with van der Waals surface area (Å²) in [6.07, 6.45) is -4.57. The summed E-state index contributed by atoms with van der Waals surface area (Å²) in [5.74, 6) is -0.529. The minimum Gasteiger partial charge on any atom is -0.396 e. The van der Waals surface area contributed by atoms with Gasteiger partial charge in [-0.3, -0.25) is 4.79 Å². The van der Waals surface area contributed by atoms with E-state index in [1.54, 1.807) is 0 Å². The van der Waals surface area contributed by atoms with Gasteiger partial charge in [0.15, 0.2) is 5.13 Å². The Balaban J connectivity index is 1.70. The number of benzene rings is 1. The number of hydrogen-bond donors (Lipinski definition) is 2. The number of carbonyl (C=O) groups excluding carboxylic acids is 1. The summed E-state index contributed by atoms with van der Waals surface area (Å²) in [6.45, 7) is 1.44. The van der Waals surface area contributed by atoms with Gasteiger partial charge in [0.05, 0.1) is 27.2 Å². The lowest BCUT2D eigenvalue weighted by molar-refractivity contribution is -0.137. The summed E-state index contributed by atoms with van der Waals surface area (Å²) >= 11 is 2.17. The maximum atomic E-state index is 13.0.